The van der Waals surface area contributed by atoms with Gasteiger partial charge in [-0.15, -0.1) is 0 Å². The molecule has 74 valence electrons. The van der Waals surface area contributed by atoms with E-state index in [1.54, 1.807) is 0 Å². The van der Waals surface area contributed by atoms with E-state index < -0.39 is 0 Å². The molecule has 0 aliphatic carbocycles. The Morgan fingerprint density at radius 3 is 2.77 bits per heavy atom. The molecule has 13 heavy (non-hydrogen) atoms. The van der Waals surface area contributed by atoms with Gasteiger partial charge in [0.15, 0.2) is 0 Å². The summed E-state index contributed by atoms with van der Waals surface area (Å²) in [7, 11) is 0. The largest absolute Gasteiger partial charge is 0.382 e. The summed E-state index contributed by atoms with van der Waals surface area (Å²) in [5.41, 5.74) is 6.59. The number of unbranched alkanes of at least 4 members (excludes halogenated alkanes) is 2. The summed E-state index contributed by atoms with van der Waals surface area (Å²) in [6.45, 7) is 2.59. The van der Waals surface area contributed by atoms with Gasteiger partial charge in [0, 0.05) is 18.3 Å². The second-order valence-corrected chi connectivity index (χ2v) is 3.18. The predicted molar refractivity (Wildman–Crippen MR) is 51.2 cm³/mol. The van der Waals surface area contributed by atoms with Crippen LogP contribution in [0.1, 0.15) is 25.0 Å². The van der Waals surface area contributed by atoms with Crippen LogP contribution in [0.25, 0.3) is 0 Å². The molecule has 1 aromatic rings. The van der Waals surface area contributed by atoms with Crippen molar-refractivity contribution in [1.82, 2.24) is 9.78 Å². The van der Waals surface area contributed by atoms with Gasteiger partial charge in [-0.05, 0) is 26.2 Å². The molecule has 0 saturated heterocycles. The van der Waals surface area contributed by atoms with Crippen LogP contribution in [0.5, 0.6) is 0 Å². The van der Waals surface area contributed by atoms with Crippen LogP contribution in [0.2, 0.25) is 0 Å². The maximum Gasteiger partial charge on any atom is 0.145 e. The van der Waals surface area contributed by atoms with E-state index in [9.17, 15) is 4.39 Å². The van der Waals surface area contributed by atoms with E-state index in [1.807, 2.05) is 17.7 Å². The molecule has 3 nitrogen and oxygen atoms in total. The highest BCUT2D eigenvalue weighted by atomic mass is 19.1. The van der Waals surface area contributed by atoms with Crippen molar-refractivity contribution in [2.75, 3.05) is 12.4 Å². The van der Waals surface area contributed by atoms with Crippen LogP contribution in [-0.4, -0.2) is 16.5 Å². The topological polar surface area (TPSA) is 43.8 Å². The standard InChI is InChI=1S/C9H16FN3/c1-8-7-9(11)12-13(8)6-4-2-3-5-10/h7H,2-6H2,1H3,(H2,11,12). The smallest absolute Gasteiger partial charge is 0.145 e. The highest BCUT2D eigenvalue weighted by Crippen LogP contribution is 2.06. The van der Waals surface area contributed by atoms with Crippen LogP contribution in [-0.2, 0) is 6.54 Å². The Kier molecular flexibility index (Phi) is 3.73. The number of anilines is 1. The molecule has 0 radical (unpaired) electrons. The van der Waals surface area contributed by atoms with Gasteiger partial charge in [-0.3, -0.25) is 9.07 Å². The second kappa shape index (κ2) is 4.84. The van der Waals surface area contributed by atoms with Crippen LogP contribution < -0.4 is 5.73 Å². The maximum atomic E-state index is 11.8. The Hall–Kier alpha value is -1.06. The van der Waals surface area contributed by atoms with Gasteiger partial charge in [0.1, 0.15) is 5.82 Å². The number of nitrogens with two attached hydrogens (primary N) is 1. The van der Waals surface area contributed by atoms with Gasteiger partial charge in [0.25, 0.3) is 0 Å². The van der Waals surface area contributed by atoms with E-state index in [0.29, 0.717) is 12.2 Å². The zero-order valence-electron chi connectivity index (χ0n) is 7.96. The van der Waals surface area contributed by atoms with Crippen LogP contribution >= 0.6 is 0 Å². The normalized spacial score (nSPS) is 10.6. The Balaban J connectivity index is 2.32. The van der Waals surface area contributed by atoms with E-state index in [0.717, 1.165) is 25.1 Å². The molecular formula is C9H16FN3. The van der Waals surface area contributed by atoms with Crippen molar-refractivity contribution in [3.63, 3.8) is 0 Å². The van der Waals surface area contributed by atoms with Crippen molar-refractivity contribution in [3.05, 3.63) is 11.8 Å². The molecule has 0 aliphatic rings. The lowest BCUT2D eigenvalue weighted by atomic mass is 10.2. The first kappa shape index (κ1) is 10.0. The molecule has 0 unspecified atom stereocenters. The van der Waals surface area contributed by atoms with Gasteiger partial charge in [0.2, 0.25) is 0 Å². The summed E-state index contributed by atoms with van der Waals surface area (Å²) in [6, 6.07) is 1.84. The van der Waals surface area contributed by atoms with Gasteiger partial charge < -0.3 is 5.73 Å². The molecule has 0 aliphatic heterocycles. The Morgan fingerprint density at radius 1 is 1.46 bits per heavy atom. The summed E-state index contributed by atoms with van der Waals surface area (Å²) in [6.07, 6.45) is 2.53. The molecule has 2 N–H and O–H groups in total. The van der Waals surface area contributed by atoms with Crippen LogP contribution in [0.4, 0.5) is 10.2 Å². The minimum absolute atomic E-state index is 0.222. The summed E-state index contributed by atoms with van der Waals surface area (Å²) in [5, 5.41) is 4.11. The van der Waals surface area contributed by atoms with E-state index in [1.165, 1.54) is 0 Å². The number of nitrogens with zero attached hydrogens (tertiary/aromatic N) is 2. The fourth-order valence-corrected chi connectivity index (χ4v) is 1.29. The molecule has 0 atom stereocenters. The fourth-order valence-electron chi connectivity index (χ4n) is 1.29. The predicted octanol–water partition coefficient (Wildman–Crippen LogP) is 1.91. The minimum atomic E-state index is -0.222. The number of rotatable bonds is 5. The SMILES string of the molecule is Cc1cc(N)nn1CCCCCF. The summed E-state index contributed by atoms with van der Waals surface area (Å²) in [4.78, 5) is 0. The van der Waals surface area contributed by atoms with Gasteiger partial charge >= 0.3 is 0 Å². The Morgan fingerprint density at radius 2 is 2.23 bits per heavy atom. The summed E-state index contributed by atoms with van der Waals surface area (Å²) >= 11 is 0. The number of aryl methyl sites for hydroxylation is 2. The third kappa shape index (κ3) is 3.05. The lowest BCUT2D eigenvalue weighted by Crippen LogP contribution is -2.02. The number of aromatic nitrogens is 2. The molecule has 1 rings (SSSR count). The van der Waals surface area contributed by atoms with E-state index in [2.05, 4.69) is 5.10 Å². The van der Waals surface area contributed by atoms with Crippen LogP contribution in [0.3, 0.4) is 0 Å². The maximum absolute atomic E-state index is 11.8. The molecule has 0 aromatic carbocycles. The quantitative estimate of drug-likeness (QED) is 0.712. The van der Waals surface area contributed by atoms with E-state index in [4.69, 9.17) is 5.73 Å². The number of hydrogen-bond donors (Lipinski definition) is 1. The van der Waals surface area contributed by atoms with E-state index >= 15 is 0 Å². The summed E-state index contributed by atoms with van der Waals surface area (Å²) in [5.74, 6) is 0.558. The fraction of sp³-hybridized carbons (Fsp3) is 0.667. The zero-order chi connectivity index (χ0) is 9.68. The molecule has 0 saturated carbocycles. The lowest BCUT2D eigenvalue weighted by molar-refractivity contribution is 0.441. The average Bonchev–Trinajstić information content (AvgIpc) is 2.39. The van der Waals surface area contributed by atoms with Crippen molar-refractivity contribution in [3.8, 4) is 0 Å². The van der Waals surface area contributed by atoms with Gasteiger partial charge in [0.05, 0.1) is 6.67 Å². The van der Waals surface area contributed by atoms with Crippen molar-refractivity contribution in [1.29, 1.82) is 0 Å². The van der Waals surface area contributed by atoms with Crippen molar-refractivity contribution in [2.45, 2.75) is 32.7 Å². The Bertz CT molecular complexity index is 257. The van der Waals surface area contributed by atoms with Crippen molar-refractivity contribution in [2.24, 2.45) is 0 Å². The first-order valence-corrected chi connectivity index (χ1v) is 4.60. The molecule has 0 fully saturated rings. The monoisotopic (exact) mass is 185 g/mol. The van der Waals surface area contributed by atoms with Crippen LogP contribution in [0.15, 0.2) is 6.07 Å². The number of halogens is 1. The molecule has 4 heteroatoms. The lowest BCUT2D eigenvalue weighted by Gasteiger charge is -2.02. The molecule has 0 bridgehead atoms. The van der Waals surface area contributed by atoms with Crippen molar-refractivity contribution >= 4 is 5.82 Å². The highest BCUT2D eigenvalue weighted by molar-refractivity contribution is 5.28. The second-order valence-electron chi connectivity index (χ2n) is 3.18. The first-order chi connectivity index (χ1) is 6.24. The highest BCUT2D eigenvalue weighted by Gasteiger charge is 1.99. The van der Waals surface area contributed by atoms with Gasteiger partial charge in [-0.1, -0.05) is 0 Å². The van der Waals surface area contributed by atoms with Gasteiger partial charge in [-0.2, -0.15) is 5.10 Å². The minimum Gasteiger partial charge on any atom is -0.382 e. The van der Waals surface area contributed by atoms with Crippen LogP contribution in [0, 0.1) is 6.92 Å². The molecule has 1 aromatic heterocycles. The number of nitrogen functional groups attached to an aromatic ring is 1. The van der Waals surface area contributed by atoms with Gasteiger partial charge in [-0.25, -0.2) is 0 Å². The average molecular weight is 185 g/mol. The number of hydrogen-bond acceptors (Lipinski definition) is 2. The molecule has 1 heterocycles. The first-order valence-electron chi connectivity index (χ1n) is 4.60. The molecule has 0 spiro atoms. The molecular weight excluding hydrogens is 169 g/mol. The third-order valence-corrected chi connectivity index (χ3v) is 2.00. The third-order valence-electron chi connectivity index (χ3n) is 2.00. The Labute approximate surface area is 77.7 Å². The van der Waals surface area contributed by atoms with Crippen molar-refractivity contribution < 1.29 is 4.39 Å². The summed E-state index contributed by atoms with van der Waals surface area (Å²) < 4.78 is 13.6. The molecule has 0 amide bonds. The van der Waals surface area contributed by atoms with E-state index in [-0.39, 0.29) is 6.67 Å². The number of alkyl halides is 1. The zero-order valence-corrected chi connectivity index (χ0v) is 7.96.